The number of benzene rings is 2. The van der Waals surface area contributed by atoms with E-state index in [1.54, 1.807) is 44.4 Å². The number of halogens is 2. The Kier molecular flexibility index (Phi) is 19.0. The predicted octanol–water partition coefficient (Wildman–Crippen LogP) is 5.25. The number of nitrogens with two attached hydrogens (primary N) is 1. The van der Waals surface area contributed by atoms with Gasteiger partial charge >= 0.3 is 6.09 Å². The van der Waals surface area contributed by atoms with E-state index in [2.05, 4.69) is 20.9 Å². The molecule has 1 aliphatic carbocycles. The van der Waals surface area contributed by atoms with Crippen LogP contribution in [0.15, 0.2) is 36.4 Å². The lowest BCUT2D eigenvalue weighted by atomic mass is 9.87. The van der Waals surface area contributed by atoms with Crippen LogP contribution in [0.1, 0.15) is 63.8 Å². The first-order chi connectivity index (χ1) is 28.3. The van der Waals surface area contributed by atoms with Crippen LogP contribution in [0.4, 0.5) is 4.79 Å². The van der Waals surface area contributed by atoms with Gasteiger partial charge in [0.05, 0.1) is 63.2 Å². The molecule has 0 bridgehead atoms. The van der Waals surface area contributed by atoms with E-state index in [9.17, 15) is 19.2 Å². The molecule has 15 nitrogen and oxygen atoms in total. The van der Waals surface area contributed by atoms with E-state index in [0.29, 0.717) is 92.4 Å². The average Bonchev–Trinajstić information content (AvgIpc) is 3.56. The number of primary amides is 1. The minimum absolute atomic E-state index is 0.0512. The number of carbonyl (C=O) groups excluding carboxylic acids is 4. The first-order valence-corrected chi connectivity index (χ1v) is 20.9. The van der Waals surface area contributed by atoms with Gasteiger partial charge in [-0.2, -0.15) is 0 Å². The second kappa shape index (κ2) is 23.6. The topological polar surface area (TPSA) is 202 Å². The Labute approximate surface area is 356 Å². The molecule has 2 aromatic carbocycles. The summed E-state index contributed by atoms with van der Waals surface area (Å²) in [5.74, 6) is -1.73. The number of hydrogen-bond acceptors (Lipinski definition) is 10. The van der Waals surface area contributed by atoms with Crippen LogP contribution in [0, 0.1) is 11.8 Å². The van der Waals surface area contributed by atoms with Crippen LogP contribution < -0.4 is 26.4 Å². The molecule has 17 heteroatoms. The van der Waals surface area contributed by atoms with Gasteiger partial charge in [-0.1, -0.05) is 81.9 Å². The number of fused-ring (bicyclic) bond motifs is 3. The monoisotopic (exact) mass is 863 g/mol. The van der Waals surface area contributed by atoms with Crippen molar-refractivity contribution in [3.63, 3.8) is 0 Å². The molecule has 6 N–H and O–H groups in total. The van der Waals surface area contributed by atoms with Crippen molar-refractivity contribution in [2.75, 3.05) is 60.0 Å². The van der Waals surface area contributed by atoms with Gasteiger partial charge in [-0.05, 0) is 42.0 Å². The van der Waals surface area contributed by atoms with Gasteiger partial charge in [-0.25, -0.2) is 4.79 Å². The summed E-state index contributed by atoms with van der Waals surface area (Å²) in [5.41, 5.74) is 6.97. The van der Waals surface area contributed by atoms with Crippen LogP contribution >= 0.6 is 23.2 Å². The molecule has 0 spiro atoms. The zero-order valence-corrected chi connectivity index (χ0v) is 36.1. The summed E-state index contributed by atoms with van der Waals surface area (Å²) in [6.45, 7) is 10.8. The van der Waals surface area contributed by atoms with Crippen LogP contribution in [0.3, 0.4) is 0 Å². The molecule has 326 valence electrons. The lowest BCUT2D eigenvalue weighted by Crippen LogP contribution is -2.62. The van der Waals surface area contributed by atoms with Crippen molar-refractivity contribution in [2.45, 2.75) is 84.0 Å². The summed E-state index contributed by atoms with van der Waals surface area (Å²) in [5, 5.41) is 10.1. The van der Waals surface area contributed by atoms with Gasteiger partial charge in [0, 0.05) is 41.6 Å². The summed E-state index contributed by atoms with van der Waals surface area (Å²) in [7, 11) is 1.62. The Hall–Kier alpha value is -4.12. The lowest BCUT2D eigenvalue weighted by Gasteiger charge is -2.39. The number of alkyl carbamates (subject to hydrolysis) is 1. The molecule has 0 saturated carbocycles. The van der Waals surface area contributed by atoms with Crippen LogP contribution in [-0.2, 0) is 57.3 Å². The highest BCUT2D eigenvalue weighted by molar-refractivity contribution is 6.38. The fourth-order valence-corrected chi connectivity index (χ4v) is 7.35. The average molecular weight is 865 g/mol. The second-order valence-corrected chi connectivity index (χ2v) is 15.6. The van der Waals surface area contributed by atoms with Crippen molar-refractivity contribution in [3.05, 3.63) is 63.3 Å². The number of amides is 4. The van der Waals surface area contributed by atoms with E-state index in [-0.39, 0.29) is 37.7 Å². The molecule has 0 saturated heterocycles. The molecule has 0 fully saturated rings. The van der Waals surface area contributed by atoms with Gasteiger partial charge in [-0.3, -0.25) is 14.4 Å². The predicted molar refractivity (Wildman–Crippen MR) is 225 cm³/mol. The molecular weight excluding hydrogens is 805 g/mol. The molecule has 1 aliphatic rings. The number of hydrogen-bond donors (Lipinski definition) is 5. The minimum Gasteiger partial charge on any atom is -0.491 e. The van der Waals surface area contributed by atoms with E-state index in [1.165, 1.54) is 0 Å². The summed E-state index contributed by atoms with van der Waals surface area (Å²) < 4.78 is 33.5. The number of methoxy groups -OCH3 is 1. The van der Waals surface area contributed by atoms with Gasteiger partial charge in [0.15, 0.2) is 5.72 Å². The van der Waals surface area contributed by atoms with Crippen molar-refractivity contribution >= 4 is 57.9 Å². The minimum atomic E-state index is -1.58. The van der Waals surface area contributed by atoms with Crippen LogP contribution in [0.5, 0.6) is 5.75 Å². The molecule has 4 rings (SSSR count). The summed E-state index contributed by atoms with van der Waals surface area (Å²) >= 11 is 12.9. The van der Waals surface area contributed by atoms with Gasteiger partial charge in [0.25, 0.3) is 0 Å². The Bertz CT molecular complexity index is 1860. The summed E-state index contributed by atoms with van der Waals surface area (Å²) in [6.07, 6.45) is 0.736. The fourth-order valence-electron chi connectivity index (χ4n) is 6.81. The van der Waals surface area contributed by atoms with Gasteiger partial charge in [0.2, 0.25) is 17.7 Å². The van der Waals surface area contributed by atoms with E-state index in [0.717, 1.165) is 16.6 Å². The van der Waals surface area contributed by atoms with Crippen LogP contribution in [0.2, 0.25) is 10.0 Å². The normalized spacial score (nSPS) is 17.0. The molecule has 59 heavy (non-hydrogen) atoms. The molecule has 0 aliphatic heterocycles. The molecule has 1 aromatic heterocycles. The molecule has 0 radical (unpaired) electrons. The number of nitrogens with one attached hydrogen (secondary N) is 4. The van der Waals surface area contributed by atoms with Crippen molar-refractivity contribution in [1.82, 2.24) is 20.9 Å². The smallest absolute Gasteiger partial charge is 0.409 e. The van der Waals surface area contributed by atoms with Gasteiger partial charge in [-0.15, -0.1) is 0 Å². The molecule has 3 aromatic rings. The lowest BCUT2D eigenvalue weighted by molar-refractivity contribution is -0.136. The van der Waals surface area contributed by atoms with Crippen molar-refractivity contribution in [2.24, 2.45) is 17.6 Å². The standard InChI is InChI=1S/C42H59Cl2N5O10/c1-6-26(3)36(39(45)51)48-41(53)59-42(13-12-33-31(25-42)30-23-29(43)24-32(44)38(30)46-33)49-40(52)37(27(4)7-2)47-35(50)22-28-10-8-9-11-34(28)58-21-20-57-19-18-56-17-16-55-15-14-54-5/h8-11,23-24,26-27,36-37,46H,6-7,12-22,25H2,1-5H3,(H2,45,51)(H,47,50)(H,48,53)(H,49,52)/t26-,27?,36?,37-,42+/m0/s1. The zero-order valence-electron chi connectivity index (χ0n) is 34.6. The quantitative estimate of drug-likeness (QED) is 0.0554. The Balaban J connectivity index is 1.44. The Morgan fingerprint density at radius 3 is 2.14 bits per heavy atom. The van der Waals surface area contributed by atoms with Crippen molar-refractivity contribution in [3.8, 4) is 5.75 Å². The number of rotatable bonds is 25. The number of aromatic amines is 1. The first-order valence-electron chi connectivity index (χ1n) is 20.1. The second-order valence-electron chi connectivity index (χ2n) is 14.7. The van der Waals surface area contributed by atoms with Crippen molar-refractivity contribution in [1.29, 1.82) is 0 Å². The number of H-pyrrole nitrogens is 1. The van der Waals surface area contributed by atoms with Gasteiger partial charge in [0.1, 0.15) is 24.4 Å². The van der Waals surface area contributed by atoms with E-state index >= 15 is 0 Å². The van der Waals surface area contributed by atoms with E-state index < -0.39 is 41.6 Å². The van der Waals surface area contributed by atoms with Crippen LogP contribution in [0.25, 0.3) is 10.9 Å². The number of carbonyl (C=O) groups is 4. The molecule has 1 heterocycles. The maximum absolute atomic E-state index is 14.4. The number of aromatic nitrogens is 1. The largest absolute Gasteiger partial charge is 0.491 e. The first kappa shape index (κ1) is 47.6. The van der Waals surface area contributed by atoms with E-state index in [1.807, 2.05) is 26.8 Å². The molecule has 5 atom stereocenters. The number of aryl methyl sites for hydroxylation is 1. The molecule has 4 amide bonds. The van der Waals surface area contributed by atoms with Crippen molar-refractivity contribution < 1.29 is 47.6 Å². The number of para-hydroxylation sites is 1. The third-order valence-electron chi connectivity index (χ3n) is 10.5. The third-order valence-corrected chi connectivity index (χ3v) is 11.0. The summed E-state index contributed by atoms with van der Waals surface area (Å²) in [6, 6.07) is 8.57. The SMILES string of the molecule is CCC(C)[C@H](NC(=O)Cc1ccccc1OCCOCCOCCOCCOC)C(=O)N[C@@]1(OC(=O)NC(C(N)=O)[C@@H](C)CC)CCc2[nH]c3c(Cl)cc(Cl)cc3c2C1. The summed E-state index contributed by atoms with van der Waals surface area (Å²) in [4.78, 5) is 57.3. The molecular formula is C42H59Cl2N5O10. The highest BCUT2D eigenvalue weighted by atomic mass is 35.5. The Morgan fingerprint density at radius 2 is 1.49 bits per heavy atom. The molecule has 2 unspecified atom stereocenters. The maximum atomic E-state index is 14.4. The Morgan fingerprint density at radius 1 is 0.864 bits per heavy atom. The van der Waals surface area contributed by atoms with Gasteiger partial charge < -0.3 is 55.1 Å². The highest BCUT2D eigenvalue weighted by Crippen LogP contribution is 2.38. The third kappa shape index (κ3) is 14.0. The maximum Gasteiger partial charge on any atom is 0.409 e. The fraction of sp³-hybridized carbons (Fsp3) is 0.571. The highest BCUT2D eigenvalue weighted by Gasteiger charge is 2.44. The van der Waals surface area contributed by atoms with Crippen LogP contribution in [-0.4, -0.2) is 107 Å². The zero-order chi connectivity index (χ0) is 43.0. The van der Waals surface area contributed by atoms with E-state index in [4.69, 9.17) is 57.4 Å². The number of ether oxygens (including phenoxy) is 6.